The number of amides is 1. The van der Waals surface area contributed by atoms with Gasteiger partial charge in [-0.2, -0.15) is 10.5 Å². The van der Waals surface area contributed by atoms with Crippen LogP contribution in [0.2, 0.25) is 0 Å². The monoisotopic (exact) mass is 330 g/mol. The molecule has 124 valence electrons. The number of rotatable bonds is 3. The fraction of sp³-hybridized carbons (Fsp3) is 0.250. The van der Waals surface area contributed by atoms with E-state index in [1.807, 2.05) is 31.3 Å². The lowest BCUT2D eigenvalue weighted by Crippen LogP contribution is -2.45. The number of nitriles is 2. The Labute approximate surface area is 147 Å². The van der Waals surface area contributed by atoms with Crippen molar-refractivity contribution in [2.45, 2.75) is 6.42 Å². The predicted octanol–water partition coefficient (Wildman–Crippen LogP) is 2.72. The molecule has 0 saturated carbocycles. The first-order valence-electron chi connectivity index (χ1n) is 8.14. The molecule has 0 radical (unpaired) electrons. The molecule has 1 atom stereocenters. The highest BCUT2D eigenvalue weighted by Crippen LogP contribution is 2.32. The number of carbonyl (C=O) groups is 1. The predicted molar refractivity (Wildman–Crippen MR) is 96.0 cm³/mol. The van der Waals surface area contributed by atoms with Gasteiger partial charge in [-0.1, -0.05) is 24.3 Å². The van der Waals surface area contributed by atoms with Crippen LogP contribution in [0, 0.1) is 28.6 Å². The van der Waals surface area contributed by atoms with E-state index < -0.39 is 5.92 Å². The summed E-state index contributed by atoms with van der Waals surface area (Å²) < 4.78 is 0. The highest BCUT2D eigenvalue weighted by molar-refractivity contribution is 6.00. The van der Waals surface area contributed by atoms with Crippen molar-refractivity contribution in [1.29, 1.82) is 10.5 Å². The van der Waals surface area contributed by atoms with Crippen LogP contribution < -0.4 is 9.80 Å². The van der Waals surface area contributed by atoms with Gasteiger partial charge in [-0.3, -0.25) is 4.79 Å². The summed E-state index contributed by atoms with van der Waals surface area (Å²) >= 11 is 0. The maximum absolute atomic E-state index is 13.0. The number of anilines is 2. The summed E-state index contributed by atoms with van der Waals surface area (Å²) in [6.45, 7) is 1.30. The minimum Gasteiger partial charge on any atom is -0.371 e. The number of hydrogen-bond donors (Lipinski definition) is 0. The Kier molecular flexibility index (Phi) is 4.68. The summed E-state index contributed by atoms with van der Waals surface area (Å²) in [5.74, 6) is -0.920. The van der Waals surface area contributed by atoms with Crippen molar-refractivity contribution in [3.05, 3.63) is 59.7 Å². The van der Waals surface area contributed by atoms with Gasteiger partial charge in [-0.05, 0) is 36.2 Å². The van der Waals surface area contributed by atoms with Gasteiger partial charge in [0, 0.05) is 20.1 Å². The van der Waals surface area contributed by atoms with E-state index in [1.165, 1.54) is 0 Å². The minimum absolute atomic E-state index is 0.174. The second kappa shape index (κ2) is 7.07. The normalized spacial score (nSPS) is 14.2. The Morgan fingerprint density at radius 2 is 1.76 bits per heavy atom. The standard InChI is InChI=1S/C20H18N4O/c1-23-10-11-24(19-5-3-2-4-18(19)23)20(25)17(14-22)12-15-6-8-16(13-21)9-7-15/h2-9,17H,10-12H2,1H3/t17-/m0/s1. The highest BCUT2D eigenvalue weighted by atomic mass is 16.2. The smallest absolute Gasteiger partial charge is 0.244 e. The molecule has 1 heterocycles. The molecule has 1 aliphatic heterocycles. The molecule has 2 aromatic rings. The van der Waals surface area contributed by atoms with Gasteiger partial charge < -0.3 is 9.80 Å². The number of likely N-dealkylation sites (N-methyl/N-ethyl adjacent to an activating group) is 1. The molecular weight excluding hydrogens is 312 g/mol. The summed E-state index contributed by atoms with van der Waals surface area (Å²) in [6, 6.07) is 19.0. The van der Waals surface area contributed by atoms with Crippen molar-refractivity contribution in [2.75, 3.05) is 29.9 Å². The van der Waals surface area contributed by atoms with Gasteiger partial charge in [0.1, 0.15) is 5.92 Å². The van der Waals surface area contributed by atoms with Crippen molar-refractivity contribution in [3.63, 3.8) is 0 Å². The van der Waals surface area contributed by atoms with E-state index in [2.05, 4.69) is 17.0 Å². The molecule has 2 aromatic carbocycles. The SMILES string of the molecule is CN1CCN(C(=O)[C@H](C#N)Cc2ccc(C#N)cc2)c2ccccc21. The molecule has 5 nitrogen and oxygen atoms in total. The quantitative estimate of drug-likeness (QED) is 0.867. The summed E-state index contributed by atoms with van der Waals surface area (Å²) in [4.78, 5) is 16.8. The molecular formula is C20H18N4O. The lowest BCUT2D eigenvalue weighted by Gasteiger charge is -2.36. The van der Waals surface area contributed by atoms with E-state index in [9.17, 15) is 10.1 Å². The molecule has 0 N–H and O–H groups in total. The number of hydrogen-bond acceptors (Lipinski definition) is 4. The van der Waals surface area contributed by atoms with Gasteiger partial charge in [-0.25, -0.2) is 0 Å². The molecule has 25 heavy (non-hydrogen) atoms. The van der Waals surface area contributed by atoms with Crippen molar-refractivity contribution < 1.29 is 4.79 Å². The fourth-order valence-corrected chi connectivity index (χ4v) is 3.06. The van der Waals surface area contributed by atoms with E-state index >= 15 is 0 Å². The van der Waals surface area contributed by atoms with Gasteiger partial charge in [0.2, 0.25) is 5.91 Å². The van der Waals surface area contributed by atoms with Crippen LogP contribution in [0.4, 0.5) is 11.4 Å². The Balaban J connectivity index is 1.82. The Hall–Kier alpha value is -3.31. The van der Waals surface area contributed by atoms with Crippen LogP contribution in [-0.2, 0) is 11.2 Å². The van der Waals surface area contributed by atoms with Crippen molar-refractivity contribution >= 4 is 17.3 Å². The summed E-state index contributed by atoms with van der Waals surface area (Å²) in [5, 5.41) is 18.4. The van der Waals surface area contributed by atoms with E-state index in [-0.39, 0.29) is 5.91 Å². The second-order valence-electron chi connectivity index (χ2n) is 6.09. The molecule has 1 aliphatic rings. The largest absolute Gasteiger partial charge is 0.371 e. The topological polar surface area (TPSA) is 71.1 Å². The third kappa shape index (κ3) is 3.32. The molecule has 0 unspecified atom stereocenters. The Bertz CT molecular complexity index is 861. The van der Waals surface area contributed by atoms with Crippen LogP contribution in [0.5, 0.6) is 0 Å². The van der Waals surface area contributed by atoms with Crippen molar-refractivity contribution in [1.82, 2.24) is 0 Å². The van der Waals surface area contributed by atoms with Gasteiger partial charge in [0.25, 0.3) is 0 Å². The van der Waals surface area contributed by atoms with Crippen LogP contribution in [0.1, 0.15) is 11.1 Å². The van der Waals surface area contributed by atoms with E-state index in [0.29, 0.717) is 18.5 Å². The molecule has 0 bridgehead atoms. The Morgan fingerprint density at radius 1 is 1.08 bits per heavy atom. The number of benzene rings is 2. The van der Waals surface area contributed by atoms with Crippen molar-refractivity contribution in [2.24, 2.45) is 5.92 Å². The molecule has 0 spiro atoms. The Morgan fingerprint density at radius 3 is 2.40 bits per heavy atom. The first-order chi connectivity index (χ1) is 12.1. The van der Waals surface area contributed by atoms with Gasteiger partial charge in [-0.15, -0.1) is 0 Å². The molecule has 1 amide bonds. The zero-order valence-electron chi connectivity index (χ0n) is 14.0. The zero-order valence-corrected chi connectivity index (χ0v) is 14.0. The number of carbonyl (C=O) groups excluding carboxylic acids is 1. The summed E-state index contributed by atoms with van der Waals surface area (Å²) in [5.41, 5.74) is 3.29. The summed E-state index contributed by atoms with van der Waals surface area (Å²) in [6.07, 6.45) is 0.343. The third-order valence-corrected chi connectivity index (χ3v) is 4.49. The summed E-state index contributed by atoms with van der Waals surface area (Å²) in [7, 11) is 2.00. The van der Waals surface area contributed by atoms with E-state index in [0.717, 1.165) is 23.5 Å². The van der Waals surface area contributed by atoms with Gasteiger partial charge >= 0.3 is 0 Å². The highest BCUT2D eigenvalue weighted by Gasteiger charge is 2.30. The van der Waals surface area contributed by atoms with Gasteiger partial charge in [0.05, 0.1) is 29.1 Å². The molecule has 5 heteroatoms. The van der Waals surface area contributed by atoms with Crippen LogP contribution in [0.15, 0.2) is 48.5 Å². The van der Waals surface area contributed by atoms with Crippen LogP contribution >= 0.6 is 0 Å². The third-order valence-electron chi connectivity index (χ3n) is 4.49. The molecule has 0 aliphatic carbocycles. The minimum atomic E-state index is -0.746. The second-order valence-corrected chi connectivity index (χ2v) is 6.09. The average Bonchev–Trinajstić information content (AvgIpc) is 2.66. The molecule has 3 rings (SSSR count). The van der Waals surface area contributed by atoms with Gasteiger partial charge in [0.15, 0.2) is 0 Å². The first kappa shape index (κ1) is 16.5. The lowest BCUT2D eigenvalue weighted by atomic mass is 9.97. The molecule has 0 fully saturated rings. The number of fused-ring (bicyclic) bond motifs is 1. The van der Waals surface area contributed by atoms with Crippen LogP contribution in [-0.4, -0.2) is 26.0 Å². The number of para-hydroxylation sites is 2. The van der Waals surface area contributed by atoms with E-state index in [1.54, 1.807) is 29.2 Å². The van der Waals surface area contributed by atoms with E-state index in [4.69, 9.17) is 5.26 Å². The maximum Gasteiger partial charge on any atom is 0.244 e. The fourth-order valence-electron chi connectivity index (χ4n) is 3.06. The zero-order chi connectivity index (χ0) is 17.8. The molecule has 0 saturated heterocycles. The maximum atomic E-state index is 13.0. The number of nitrogens with zero attached hydrogens (tertiary/aromatic N) is 4. The molecule has 0 aromatic heterocycles. The average molecular weight is 330 g/mol. The first-order valence-corrected chi connectivity index (χ1v) is 8.14. The van der Waals surface area contributed by atoms with Crippen molar-refractivity contribution in [3.8, 4) is 12.1 Å². The van der Waals surface area contributed by atoms with Crippen LogP contribution in [0.25, 0.3) is 0 Å². The lowest BCUT2D eigenvalue weighted by molar-refractivity contribution is -0.120. The van der Waals surface area contributed by atoms with Crippen LogP contribution in [0.3, 0.4) is 0 Å².